The van der Waals surface area contributed by atoms with Crippen LogP contribution in [0.1, 0.15) is 187 Å². The predicted molar refractivity (Wildman–Crippen MR) is 258 cm³/mol. The number of carbonyl (C=O) groups excluding carboxylic acids is 1. The van der Waals surface area contributed by atoms with E-state index in [1.54, 1.807) is 0 Å². The number of hydrogen-bond donors (Lipinski definition) is 2. The summed E-state index contributed by atoms with van der Waals surface area (Å²) in [5.41, 5.74) is 13.8. The zero-order valence-electron chi connectivity index (χ0n) is 39.4. The second-order valence-corrected chi connectivity index (χ2v) is 19.9. The Hall–Kier alpha value is -3.83. The summed E-state index contributed by atoms with van der Waals surface area (Å²) >= 11 is 0. The van der Waals surface area contributed by atoms with Crippen LogP contribution in [0.2, 0.25) is 0 Å². The van der Waals surface area contributed by atoms with Crippen LogP contribution in [0, 0.1) is 0 Å². The molecule has 0 amide bonds. The maximum absolute atomic E-state index is 11.2. The molecule has 2 saturated heterocycles. The zero-order valence-corrected chi connectivity index (χ0v) is 39.4. The average Bonchev–Trinajstić information content (AvgIpc) is 4.00. The number of nitrogens with one attached hydrogen (secondary N) is 1. The Morgan fingerprint density at radius 2 is 1.12 bits per heavy atom. The lowest BCUT2D eigenvalue weighted by atomic mass is 9.68. The first kappa shape index (κ1) is 47.7. The third-order valence-electron chi connectivity index (χ3n) is 15.9. The van der Waals surface area contributed by atoms with Gasteiger partial charge in [0.25, 0.3) is 0 Å². The van der Waals surface area contributed by atoms with Crippen molar-refractivity contribution in [2.45, 2.75) is 176 Å². The summed E-state index contributed by atoms with van der Waals surface area (Å²) in [6.45, 7) is 8.29. The molecule has 6 atom stereocenters. The van der Waals surface area contributed by atoms with Gasteiger partial charge in [0.2, 0.25) is 0 Å². The standard InChI is InChI=1S/C28H38N2O2.C16H21NO2.C12H17NO/c1-2-31-25-13-12-24(22-9-3-4-10-23(22)25)29-19-16-27(26-11-5-8-18-30-26)17-20-32-28(21-27)14-6-7-15-28;18-11-8-15(14-5-1-4-10-17-14)9-12-19-16(13-15)6-2-3-7-16;1-2-14-12-8-7-11(13)9-5-3-4-6-10(9)12/h3-5,8-11,18,24-25,29H,2,6-7,12-17,19-21H2,1H3;1,4-5,10-11H,2-3,6-9,12-13H2;3-6,11-12H,2,7-8,13H2,1H3/t24-,25-,27+;15-;11-,12-/m010/s1. The van der Waals surface area contributed by atoms with Gasteiger partial charge in [0.05, 0.1) is 23.4 Å². The van der Waals surface area contributed by atoms with Gasteiger partial charge in [-0.15, -0.1) is 0 Å². The molecule has 4 fully saturated rings. The van der Waals surface area contributed by atoms with E-state index in [4.69, 9.17) is 29.7 Å². The molecule has 0 unspecified atom stereocenters. The van der Waals surface area contributed by atoms with E-state index >= 15 is 0 Å². The molecule has 9 heteroatoms. The van der Waals surface area contributed by atoms with E-state index in [2.05, 4.69) is 77.9 Å². The first-order valence-electron chi connectivity index (χ1n) is 25.3. The predicted octanol–water partition coefficient (Wildman–Crippen LogP) is 11.6. The molecule has 350 valence electrons. The molecule has 4 aliphatic carbocycles. The third kappa shape index (κ3) is 11.1. The van der Waals surface area contributed by atoms with Gasteiger partial charge >= 0.3 is 0 Å². The van der Waals surface area contributed by atoms with E-state index < -0.39 is 0 Å². The fourth-order valence-corrected chi connectivity index (χ4v) is 12.7. The van der Waals surface area contributed by atoms with E-state index in [-0.39, 0.29) is 40.3 Å². The first-order chi connectivity index (χ1) is 31.8. The third-order valence-corrected chi connectivity index (χ3v) is 15.9. The minimum atomic E-state index is -0.106. The summed E-state index contributed by atoms with van der Waals surface area (Å²) in [4.78, 5) is 20.6. The van der Waals surface area contributed by atoms with Gasteiger partial charge in [-0.2, -0.15) is 0 Å². The van der Waals surface area contributed by atoms with Gasteiger partial charge in [-0.05, 0) is 150 Å². The molecule has 3 N–H and O–H groups in total. The molecule has 2 spiro atoms. The molecule has 10 rings (SSSR count). The van der Waals surface area contributed by atoms with E-state index in [1.807, 2.05) is 43.6 Å². The highest BCUT2D eigenvalue weighted by molar-refractivity contribution is 5.53. The van der Waals surface area contributed by atoms with Gasteiger partial charge in [-0.1, -0.05) is 86.3 Å². The second-order valence-electron chi connectivity index (χ2n) is 19.9. The van der Waals surface area contributed by atoms with Crippen molar-refractivity contribution in [2.24, 2.45) is 5.73 Å². The summed E-state index contributed by atoms with van der Waals surface area (Å²) in [5.74, 6) is 0. The van der Waals surface area contributed by atoms with Crippen LogP contribution >= 0.6 is 0 Å². The van der Waals surface area contributed by atoms with Crippen molar-refractivity contribution < 1.29 is 23.7 Å². The van der Waals surface area contributed by atoms with Crippen LogP contribution in [0.3, 0.4) is 0 Å². The Balaban J connectivity index is 0.000000147. The van der Waals surface area contributed by atoms with Crippen molar-refractivity contribution in [2.75, 3.05) is 33.0 Å². The SMILES string of the molecule is CCO[C@H]1CC[C@H](N)c2ccccc21.CCO[C@H]1CC[C@H](NCC[C@@]2(c3ccccn3)CCOC3(CCCC3)C2)c2ccccc21.O=CC[C@@]1(c2ccccn2)CCOC2(CCCC2)C1. The minimum Gasteiger partial charge on any atom is -0.375 e. The Morgan fingerprint density at radius 1 is 0.631 bits per heavy atom. The number of carbonyl (C=O) groups is 1. The van der Waals surface area contributed by atoms with Crippen LogP contribution < -0.4 is 11.1 Å². The molecule has 4 aromatic rings. The maximum atomic E-state index is 11.2. The van der Waals surface area contributed by atoms with Crippen LogP contribution in [0.25, 0.3) is 0 Å². The number of aldehydes is 1. The quantitative estimate of drug-likeness (QED) is 0.134. The van der Waals surface area contributed by atoms with Gasteiger partial charge in [0.1, 0.15) is 6.29 Å². The molecule has 2 saturated carbocycles. The van der Waals surface area contributed by atoms with Crippen molar-refractivity contribution in [3.05, 3.63) is 131 Å². The topological polar surface area (TPSA) is 118 Å². The smallest absolute Gasteiger partial charge is 0.120 e. The van der Waals surface area contributed by atoms with Gasteiger partial charge in [-0.3, -0.25) is 9.97 Å². The number of pyridine rings is 2. The van der Waals surface area contributed by atoms with Crippen LogP contribution in [-0.2, 0) is 34.6 Å². The Labute approximate surface area is 389 Å². The van der Waals surface area contributed by atoms with Crippen molar-refractivity contribution in [1.29, 1.82) is 0 Å². The highest BCUT2D eigenvalue weighted by Crippen LogP contribution is 2.51. The van der Waals surface area contributed by atoms with Crippen molar-refractivity contribution in [3.63, 3.8) is 0 Å². The summed E-state index contributed by atoms with van der Waals surface area (Å²) in [7, 11) is 0. The Bertz CT molecular complexity index is 2070. The molecule has 9 nitrogen and oxygen atoms in total. The van der Waals surface area contributed by atoms with Crippen LogP contribution in [0.4, 0.5) is 0 Å². The number of rotatable bonds is 12. The molecular formula is C56H76N4O5. The normalized spacial score (nSPS) is 28.5. The second kappa shape index (κ2) is 22.3. The number of benzene rings is 2. The maximum Gasteiger partial charge on any atom is 0.120 e. The van der Waals surface area contributed by atoms with Crippen molar-refractivity contribution in [1.82, 2.24) is 15.3 Å². The first-order valence-corrected chi connectivity index (χ1v) is 25.3. The molecule has 2 aromatic carbocycles. The lowest BCUT2D eigenvalue weighted by molar-refractivity contribution is -0.118. The molecule has 4 heterocycles. The van der Waals surface area contributed by atoms with Crippen LogP contribution in [0.15, 0.2) is 97.3 Å². The van der Waals surface area contributed by atoms with E-state index in [0.717, 1.165) is 116 Å². The summed E-state index contributed by atoms with van der Waals surface area (Å²) < 4.78 is 24.3. The molecule has 2 aliphatic heterocycles. The number of aromatic nitrogens is 2. The van der Waals surface area contributed by atoms with Crippen molar-refractivity contribution >= 4 is 6.29 Å². The van der Waals surface area contributed by atoms with Gasteiger partial charge < -0.3 is 34.8 Å². The fourth-order valence-electron chi connectivity index (χ4n) is 12.7. The van der Waals surface area contributed by atoms with Crippen molar-refractivity contribution in [3.8, 4) is 0 Å². The molecular weight excluding hydrogens is 809 g/mol. The largest absolute Gasteiger partial charge is 0.375 e. The molecule has 6 aliphatic rings. The molecule has 0 bridgehead atoms. The lowest BCUT2D eigenvalue weighted by Crippen LogP contribution is -2.47. The summed E-state index contributed by atoms with van der Waals surface area (Å²) in [5, 5.41) is 3.94. The number of hydrogen-bond acceptors (Lipinski definition) is 9. The number of fused-ring (bicyclic) bond motifs is 2. The zero-order chi connectivity index (χ0) is 45.0. The fraction of sp³-hybridized carbons (Fsp3) is 0.589. The average molecular weight is 885 g/mol. The molecule has 65 heavy (non-hydrogen) atoms. The van der Waals surface area contributed by atoms with Crippen LogP contribution in [0.5, 0.6) is 0 Å². The lowest BCUT2D eigenvalue weighted by Gasteiger charge is -2.46. The number of nitrogens with two attached hydrogens (primary N) is 1. The van der Waals surface area contributed by atoms with E-state index in [0.29, 0.717) is 12.5 Å². The summed E-state index contributed by atoms with van der Waals surface area (Å²) in [6.07, 6.45) is 25.2. The van der Waals surface area contributed by atoms with Gasteiger partial charge in [-0.25, -0.2) is 0 Å². The monoisotopic (exact) mass is 885 g/mol. The summed E-state index contributed by atoms with van der Waals surface area (Å²) in [6, 6.07) is 30.3. The highest BCUT2D eigenvalue weighted by Gasteiger charge is 2.50. The van der Waals surface area contributed by atoms with Crippen LogP contribution in [-0.4, -0.2) is 60.4 Å². The number of nitrogens with zero attached hydrogens (tertiary/aromatic N) is 2. The van der Waals surface area contributed by atoms with E-state index in [9.17, 15) is 4.79 Å². The highest BCUT2D eigenvalue weighted by atomic mass is 16.5. The number of ether oxygens (including phenoxy) is 4. The molecule has 0 radical (unpaired) electrons. The minimum absolute atomic E-state index is 0.0127. The van der Waals surface area contributed by atoms with E-state index in [1.165, 1.54) is 66.5 Å². The molecule has 2 aromatic heterocycles. The Kier molecular flexibility index (Phi) is 16.4. The van der Waals surface area contributed by atoms with Gasteiger partial charge in [0, 0.05) is 79.5 Å². The van der Waals surface area contributed by atoms with Gasteiger partial charge in [0.15, 0.2) is 0 Å². The Morgan fingerprint density at radius 3 is 1.68 bits per heavy atom.